The third kappa shape index (κ3) is 5.81. The maximum Gasteiger partial charge on any atom is 0.266 e. The van der Waals surface area contributed by atoms with Gasteiger partial charge in [-0.25, -0.2) is 10.4 Å². The number of hydrogen-bond donors (Lipinski definition) is 1. The zero-order chi connectivity index (χ0) is 23.9. The van der Waals surface area contributed by atoms with Crippen LogP contribution in [0.3, 0.4) is 0 Å². The van der Waals surface area contributed by atoms with Crippen LogP contribution >= 0.6 is 23.4 Å². The highest BCUT2D eigenvalue weighted by atomic mass is 35.5. The molecule has 4 aromatic rings. The predicted molar refractivity (Wildman–Crippen MR) is 140 cm³/mol. The molecule has 34 heavy (non-hydrogen) atoms. The van der Waals surface area contributed by atoms with Crippen molar-refractivity contribution in [3.8, 4) is 5.69 Å². The van der Waals surface area contributed by atoms with Crippen LogP contribution in [0.1, 0.15) is 12.5 Å². The fourth-order valence-electron chi connectivity index (χ4n) is 3.24. The van der Waals surface area contributed by atoms with Crippen LogP contribution in [0.4, 0.5) is 0 Å². The Balaban J connectivity index is 1.51. The number of benzene rings is 3. The predicted octanol–water partition coefficient (Wildman–Crippen LogP) is 5.34. The molecule has 1 aromatic heterocycles. The van der Waals surface area contributed by atoms with Crippen molar-refractivity contribution in [2.75, 3.05) is 5.75 Å². The van der Waals surface area contributed by atoms with Gasteiger partial charge in [0, 0.05) is 5.02 Å². The molecule has 0 radical (unpaired) electrons. The number of thioether (sulfide) groups is 1. The number of hydrazone groups is 1. The molecule has 0 saturated carbocycles. The molecule has 4 rings (SSSR count). The maximum atomic E-state index is 13.2. The molecule has 1 heterocycles. The van der Waals surface area contributed by atoms with Gasteiger partial charge >= 0.3 is 0 Å². The second-order valence-electron chi connectivity index (χ2n) is 7.41. The zero-order valence-electron chi connectivity index (χ0n) is 18.3. The van der Waals surface area contributed by atoms with E-state index in [1.165, 1.54) is 4.57 Å². The van der Waals surface area contributed by atoms with Gasteiger partial charge in [0.2, 0.25) is 0 Å². The van der Waals surface area contributed by atoms with Gasteiger partial charge < -0.3 is 0 Å². The van der Waals surface area contributed by atoms with Gasteiger partial charge in [-0.05, 0) is 54.5 Å². The number of aromatic nitrogens is 2. The molecule has 0 spiro atoms. The zero-order valence-corrected chi connectivity index (χ0v) is 19.9. The number of amides is 1. The van der Waals surface area contributed by atoms with E-state index >= 15 is 0 Å². The minimum atomic E-state index is -0.307. The van der Waals surface area contributed by atoms with Crippen LogP contribution in [-0.4, -0.2) is 27.4 Å². The highest BCUT2D eigenvalue weighted by Crippen LogP contribution is 2.22. The lowest BCUT2D eigenvalue weighted by Crippen LogP contribution is -2.24. The highest BCUT2D eigenvalue weighted by Gasteiger charge is 2.14. The van der Waals surface area contributed by atoms with Crippen molar-refractivity contribution < 1.29 is 4.79 Å². The average molecular weight is 489 g/mol. The summed E-state index contributed by atoms with van der Waals surface area (Å²) in [7, 11) is 0. The van der Waals surface area contributed by atoms with Gasteiger partial charge in [-0.3, -0.25) is 14.2 Å². The summed E-state index contributed by atoms with van der Waals surface area (Å²) in [6.07, 6.45) is 3.56. The van der Waals surface area contributed by atoms with Crippen LogP contribution in [0.2, 0.25) is 5.02 Å². The second-order valence-corrected chi connectivity index (χ2v) is 8.79. The maximum absolute atomic E-state index is 13.2. The second kappa shape index (κ2) is 11.0. The van der Waals surface area contributed by atoms with Crippen molar-refractivity contribution in [3.05, 3.63) is 105 Å². The van der Waals surface area contributed by atoms with Gasteiger partial charge in [0.25, 0.3) is 11.5 Å². The molecule has 170 valence electrons. The first-order chi connectivity index (χ1) is 16.5. The highest BCUT2D eigenvalue weighted by molar-refractivity contribution is 7.99. The van der Waals surface area contributed by atoms with Gasteiger partial charge in [0.05, 0.1) is 28.6 Å². The van der Waals surface area contributed by atoms with E-state index in [2.05, 4.69) is 15.5 Å². The Labute approximate surface area is 206 Å². The Morgan fingerprint density at radius 1 is 1.06 bits per heavy atom. The Bertz CT molecular complexity index is 1430. The van der Waals surface area contributed by atoms with Crippen LogP contribution in [0.15, 0.2) is 99.5 Å². The van der Waals surface area contributed by atoms with Crippen molar-refractivity contribution in [3.63, 3.8) is 0 Å². The molecule has 0 fully saturated rings. The first-order valence-electron chi connectivity index (χ1n) is 10.5. The standard InChI is InChI=1S/C26H21ClN4O2S/c1-18(15-19-7-3-2-4-8-19)16-28-30-24(32)17-34-26-29-23-10-6-5-9-22(23)25(33)31(26)21-13-11-20(27)12-14-21/h2-16H,17H2,1H3,(H,30,32). The molecule has 1 N–H and O–H groups in total. The topological polar surface area (TPSA) is 76.3 Å². The number of hydrogen-bond acceptors (Lipinski definition) is 5. The number of carbonyl (C=O) groups is 1. The minimum absolute atomic E-state index is 0.0388. The van der Waals surface area contributed by atoms with Crippen LogP contribution in [0, 0.1) is 0 Å². The summed E-state index contributed by atoms with van der Waals surface area (Å²) in [6.45, 7) is 1.90. The van der Waals surface area contributed by atoms with Crippen molar-refractivity contribution in [2.24, 2.45) is 5.10 Å². The summed E-state index contributed by atoms with van der Waals surface area (Å²) in [4.78, 5) is 30.2. The molecule has 6 nitrogen and oxygen atoms in total. The smallest absolute Gasteiger partial charge is 0.266 e. The van der Waals surface area contributed by atoms with Crippen LogP contribution in [0.5, 0.6) is 0 Å². The normalized spacial score (nSPS) is 11.8. The molecular formula is C26H21ClN4O2S. The fourth-order valence-corrected chi connectivity index (χ4v) is 4.18. The number of nitrogens with one attached hydrogen (secondary N) is 1. The molecule has 8 heteroatoms. The summed E-state index contributed by atoms with van der Waals surface area (Å²) in [5, 5.41) is 5.50. The number of rotatable bonds is 7. The molecule has 0 atom stereocenters. The Morgan fingerprint density at radius 3 is 2.53 bits per heavy atom. The van der Waals surface area contributed by atoms with E-state index < -0.39 is 0 Å². The average Bonchev–Trinajstić information content (AvgIpc) is 2.84. The molecule has 0 saturated heterocycles. The van der Waals surface area contributed by atoms with Gasteiger partial charge in [0.1, 0.15) is 0 Å². The molecule has 0 bridgehead atoms. The van der Waals surface area contributed by atoms with E-state index in [-0.39, 0.29) is 17.2 Å². The summed E-state index contributed by atoms with van der Waals surface area (Å²) < 4.78 is 1.49. The first kappa shape index (κ1) is 23.5. The van der Waals surface area contributed by atoms with Gasteiger partial charge in [-0.1, -0.05) is 71.9 Å². The lowest BCUT2D eigenvalue weighted by molar-refractivity contribution is -0.118. The van der Waals surface area contributed by atoms with Crippen molar-refractivity contribution in [2.45, 2.75) is 12.1 Å². The van der Waals surface area contributed by atoms with Crippen molar-refractivity contribution >= 4 is 52.5 Å². The molecule has 1 amide bonds. The van der Waals surface area contributed by atoms with E-state index in [4.69, 9.17) is 11.6 Å². The molecule has 3 aromatic carbocycles. The number of fused-ring (bicyclic) bond motifs is 1. The summed E-state index contributed by atoms with van der Waals surface area (Å²) in [5.74, 6) is -0.268. The van der Waals surface area contributed by atoms with E-state index in [9.17, 15) is 9.59 Å². The van der Waals surface area contributed by atoms with E-state index in [1.54, 1.807) is 48.7 Å². The van der Waals surface area contributed by atoms with E-state index in [0.29, 0.717) is 26.8 Å². The third-order valence-electron chi connectivity index (χ3n) is 4.81. The number of para-hydroxylation sites is 1. The van der Waals surface area contributed by atoms with Gasteiger partial charge in [-0.15, -0.1) is 0 Å². The van der Waals surface area contributed by atoms with Crippen LogP contribution in [-0.2, 0) is 4.79 Å². The number of carbonyl (C=O) groups excluding carboxylic acids is 1. The van der Waals surface area contributed by atoms with Crippen LogP contribution < -0.4 is 11.0 Å². The molecule has 0 aliphatic rings. The summed E-state index contributed by atoms with van der Waals surface area (Å²) >= 11 is 7.18. The lowest BCUT2D eigenvalue weighted by Gasteiger charge is -2.13. The number of allylic oxidation sites excluding steroid dienone is 1. The first-order valence-corrected chi connectivity index (χ1v) is 11.8. The lowest BCUT2D eigenvalue weighted by atomic mass is 10.1. The third-order valence-corrected chi connectivity index (χ3v) is 6.00. The van der Waals surface area contributed by atoms with E-state index in [0.717, 1.165) is 22.9 Å². The largest absolute Gasteiger partial charge is 0.272 e. The Hall–Kier alpha value is -3.68. The SMILES string of the molecule is CC(C=NNC(=O)CSc1nc2ccccc2c(=O)n1-c1ccc(Cl)cc1)=Cc1ccccc1. The van der Waals surface area contributed by atoms with Gasteiger partial charge in [-0.2, -0.15) is 5.10 Å². The Kier molecular flexibility index (Phi) is 7.57. The van der Waals surface area contributed by atoms with Crippen LogP contribution in [0.25, 0.3) is 22.7 Å². The fraction of sp³-hybridized carbons (Fsp3) is 0.0769. The molecular weight excluding hydrogens is 468 g/mol. The molecule has 0 unspecified atom stereocenters. The quantitative estimate of drug-likeness (QED) is 0.165. The van der Waals surface area contributed by atoms with Crippen molar-refractivity contribution in [1.29, 1.82) is 0 Å². The molecule has 0 aliphatic heterocycles. The minimum Gasteiger partial charge on any atom is -0.272 e. The van der Waals surface area contributed by atoms with Gasteiger partial charge in [0.15, 0.2) is 5.16 Å². The summed E-state index contributed by atoms with van der Waals surface area (Å²) in [5.41, 5.74) is 5.45. The van der Waals surface area contributed by atoms with E-state index in [1.807, 2.05) is 49.4 Å². The van der Waals surface area contributed by atoms with Crippen molar-refractivity contribution in [1.82, 2.24) is 15.0 Å². The number of halogens is 1. The monoisotopic (exact) mass is 488 g/mol. The Morgan fingerprint density at radius 2 is 1.76 bits per heavy atom. The number of nitrogens with zero attached hydrogens (tertiary/aromatic N) is 3. The summed E-state index contributed by atoms with van der Waals surface area (Å²) in [6, 6.07) is 23.9. The molecule has 0 aliphatic carbocycles.